The molecule has 0 unspecified atom stereocenters. The zero-order valence-electron chi connectivity index (χ0n) is 9.21. The highest BCUT2D eigenvalue weighted by Crippen LogP contribution is 2.12. The maximum atomic E-state index is 11.5. The van der Waals surface area contributed by atoms with Gasteiger partial charge in [0.25, 0.3) is 0 Å². The number of sulfonamides is 1. The topological polar surface area (TPSA) is 66.4 Å². The maximum absolute atomic E-state index is 11.5. The van der Waals surface area contributed by atoms with Gasteiger partial charge in [-0.1, -0.05) is 13.3 Å². The molecule has 0 aliphatic heterocycles. The average Bonchev–Trinajstić information content (AvgIpc) is 1.98. The van der Waals surface area contributed by atoms with Gasteiger partial charge in [-0.25, -0.2) is 13.1 Å². The summed E-state index contributed by atoms with van der Waals surface area (Å²) in [5, 5.41) is 8.54. The van der Waals surface area contributed by atoms with E-state index in [1.165, 1.54) is 0 Å². The number of nitrogens with one attached hydrogen (secondary N) is 1. The molecule has 86 valence electrons. The van der Waals surface area contributed by atoms with Crippen LogP contribution in [0.5, 0.6) is 0 Å². The zero-order valence-corrected chi connectivity index (χ0v) is 10.0. The van der Waals surface area contributed by atoms with Crippen molar-refractivity contribution in [1.82, 2.24) is 4.72 Å². The van der Waals surface area contributed by atoms with Crippen LogP contribution in [-0.4, -0.2) is 31.4 Å². The van der Waals surface area contributed by atoms with Crippen LogP contribution in [0.1, 0.15) is 40.0 Å². The monoisotopic (exact) mass is 223 g/mol. The van der Waals surface area contributed by atoms with E-state index >= 15 is 0 Å². The molecule has 0 saturated heterocycles. The summed E-state index contributed by atoms with van der Waals surface area (Å²) >= 11 is 0. The Morgan fingerprint density at radius 3 is 2.36 bits per heavy atom. The van der Waals surface area contributed by atoms with Gasteiger partial charge in [0.1, 0.15) is 0 Å². The summed E-state index contributed by atoms with van der Waals surface area (Å²) in [6.45, 7) is 5.67. The zero-order chi connectivity index (χ0) is 11.2. The minimum Gasteiger partial charge on any atom is -0.396 e. The van der Waals surface area contributed by atoms with Gasteiger partial charge in [-0.15, -0.1) is 0 Å². The fourth-order valence-electron chi connectivity index (χ4n) is 1.40. The molecule has 0 aliphatic rings. The third kappa shape index (κ3) is 6.34. The Bertz CT molecular complexity index is 247. The minimum absolute atomic E-state index is 0.00333. The first-order valence-electron chi connectivity index (χ1n) is 4.95. The van der Waals surface area contributed by atoms with E-state index in [2.05, 4.69) is 4.72 Å². The molecule has 0 rings (SSSR count). The van der Waals surface area contributed by atoms with Crippen molar-refractivity contribution in [3.05, 3.63) is 0 Å². The van der Waals surface area contributed by atoms with E-state index in [1.807, 2.05) is 20.8 Å². The van der Waals surface area contributed by atoms with Gasteiger partial charge in [0.05, 0.1) is 5.75 Å². The van der Waals surface area contributed by atoms with Crippen molar-refractivity contribution >= 4 is 10.0 Å². The van der Waals surface area contributed by atoms with E-state index < -0.39 is 10.0 Å². The summed E-state index contributed by atoms with van der Waals surface area (Å²) in [5.74, 6) is -0.00333. The predicted molar refractivity (Wildman–Crippen MR) is 57.6 cm³/mol. The Hall–Kier alpha value is -0.130. The fraction of sp³-hybridized carbons (Fsp3) is 1.00. The Balaban J connectivity index is 4.20. The molecule has 0 aromatic heterocycles. The minimum atomic E-state index is -3.23. The Morgan fingerprint density at radius 1 is 1.36 bits per heavy atom. The molecular formula is C9H21NO3S. The van der Waals surface area contributed by atoms with Crippen molar-refractivity contribution in [3.63, 3.8) is 0 Å². The first-order valence-corrected chi connectivity index (χ1v) is 6.61. The van der Waals surface area contributed by atoms with Crippen LogP contribution in [0.25, 0.3) is 0 Å². The van der Waals surface area contributed by atoms with E-state index in [-0.39, 0.29) is 24.3 Å². The van der Waals surface area contributed by atoms with Crippen LogP contribution in [0.15, 0.2) is 0 Å². The van der Waals surface area contributed by atoms with Crippen molar-refractivity contribution in [3.8, 4) is 0 Å². The molecule has 0 heterocycles. The standard InChI is InChI=1S/C9H21NO3S/c1-4-6-9(2,3)10-14(12,13)8-5-7-11/h10-11H,4-8H2,1-3H3. The molecule has 0 aliphatic carbocycles. The summed E-state index contributed by atoms with van der Waals surface area (Å²) in [7, 11) is -3.23. The number of hydrogen-bond acceptors (Lipinski definition) is 3. The van der Waals surface area contributed by atoms with Crippen molar-refractivity contribution in [2.24, 2.45) is 0 Å². The molecule has 14 heavy (non-hydrogen) atoms. The lowest BCUT2D eigenvalue weighted by atomic mass is 10.0. The van der Waals surface area contributed by atoms with Crippen molar-refractivity contribution in [2.45, 2.75) is 45.6 Å². The fourth-order valence-corrected chi connectivity index (χ4v) is 2.96. The highest BCUT2D eigenvalue weighted by Gasteiger charge is 2.23. The summed E-state index contributed by atoms with van der Waals surface area (Å²) in [6.07, 6.45) is 2.04. The van der Waals surface area contributed by atoms with Crippen LogP contribution in [-0.2, 0) is 10.0 Å². The first-order chi connectivity index (χ1) is 6.33. The van der Waals surface area contributed by atoms with E-state index in [4.69, 9.17) is 5.11 Å². The lowest BCUT2D eigenvalue weighted by Gasteiger charge is -2.25. The van der Waals surface area contributed by atoms with Crippen LogP contribution < -0.4 is 4.72 Å². The predicted octanol–water partition coefficient (Wildman–Crippen LogP) is 0.867. The van der Waals surface area contributed by atoms with E-state index in [0.29, 0.717) is 0 Å². The molecule has 0 amide bonds. The number of aliphatic hydroxyl groups excluding tert-OH is 1. The summed E-state index contributed by atoms with van der Waals surface area (Å²) < 4.78 is 25.5. The molecule has 0 aromatic rings. The number of hydrogen-bond donors (Lipinski definition) is 2. The molecular weight excluding hydrogens is 202 g/mol. The van der Waals surface area contributed by atoms with Crippen LogP contribution in [0.4, 0.5) is 0 Å². The van der Waals surface area contributed by atoms with Gasteiger partial charge in [0, 0.05) is 12.1 Å². The van der Waals surface area contributed by atoms with Crippen LogP contribution in [0.2, 0.25) is 0 Å². The lowest BCUT2D eigenvalue weighted by molar-refractivity contribution is 0.294. The maximum Gasteiger partial charge on any atom is 0.212 e. The third-order valence-corrected chi connectivity index (χ3v) is 3.57. The molecule has 0 aromatic carbocycles. The van der Waals surface area contributed by atoms with Gasteiger partial charge in [-0.3, -0.25) is 0 Å². The van der Waals surface area contributed by atoms with Gasteiger partial charge in [-0.2, -0.15) is 0 Å². The van der Waals surface area contributed by atoms with E-state index in [0.717, 1.165) is 12.8 Å². The van der Waals surface area contributed by atoms with Gasteiger partial charge in [0.15, 0.2) is 0 Å². The third-order valence-electron chi connectivity index (χ3n) is 1.88. The van der Waals surface area contributed by atoms with E-state index in [9.17, 15) is 8.42 Å². The highest BCUT2D eigenvalue weighted by atomic mass is 32.2. The molecule has 0 fully saturated rings. The molecule has 2 N–H and O–H groups in total. The highest BCUT2D eigenvalue weighted by molar-refractivity contribution is 7.89. The first kappa shape index (κ1) is 13.9. The molecule has 4 nitrogen and oxygen atoms in total. The molecule has 0 spiro atoms. The van der Waals surface area contributed by atoms with Gasteiger partial charge in [-0.05, 0) is 26.7 Å². The summed E-state index contributed by atoms with van der Waals surface area (Å²) in [6, 6.07) is 0. The van der Waals surface area contributed by atoms with Gasteiger partial charge >= 0.3 is 0 Å². The smallest absolute Gasteiger partial charge is 0.212 e. The molecule has 0 radical (unpaired) electrons. The average molecular weight is 223 g/mol. The van der Waals surface area contributed by atoms with Crippen molar-refractivity contribution in [2.75, 3.05) is 12.4 Å². The van der Waals surface area contributed by atoms with Crippen molar-refractivity contribution in [1.29, 1.82) is 0 Å². The second kappa shape index (κ2) is 5.68. The Labute approximate surface area is 86.8 Å². The molecule has 0 atom stereocenters. The molecule has 0 bridgehead atoms. The van der Waals surface area contributed by atoms with Crippen LogP contribution >= 0.6 is 0 Å². The van der Waals surface area contributed by atoms with Crippen LogP contribution in [0, 0.1) is 0 Å². The Kier molecular flexibility index (Phi) is 5.63. The Morgan fingerprint density at radius 2 is 1.93 bits per heavy atom. The normalized spacial score (nSPS) is 13.1. The molecule has 5 heteroatoms. The second-order valence-electron chi connectivity index (χ2n) is 4.13. The SMILES string of the molecule is CCCC(C)(C)NS(=O)(=O)CCCO. The summed E-state index contributed by atoms with van der Waals surface area (Å²) in [5.41, 5.74) is -0.386. The molecule has 0 saturated carbocycles. The lowest BCUT2D eigenvalue weighted by Crippen LogP contribution is -2.44. The largest absolute Gasteiger partial charge is 0.396 e. The van der Waals surface area contributed by atoms with Gasteiger partial charge < -0.3 is 5.11 Å². The van der Waals surface area contributed by atoms with E-state index in [1.54, 1.807) is 0 Å². The number of rotatable bonds is 7. The summed E-state index contributed by atoms with van der Waals surface area (Å²) in [4.78, 5) is 0. The second-order valence-corrected chi connectivity index (χ2v) is 5.97. The van der Waals surface area contributed by atoms with Crippen LogP contribution in [0.3, 0.4) is 0 Å². The van der Waals surface area contributed by atoms with Crippen molar-refractivity contribution < 1.29 is 13.5 Å². The number of aliphatic hydroxyl groups is 1. The van der Waals surface area contributed by atoms with Gasteiger partial charge in [0.2, 0.25) is 10.0 Å². The quantitative estimate of drug-likeness (QED) is 0.673.